The first-order valence-electron chi connectivity index (χ1n) is 11.1. The Bertz CT molecular complexity index is 507. The summed E-state index contributed by atoms with van der Waals surface area (Å²) in [6.07, 6.45) is 15.1. The molecule has 1 aliphatic carbocycles. The number of hydrogen-bond acceptors (Lipinski definition) is 3. The lowest BCUT2D eigenvalue weighted by Gasteiger charge is -2.70. The van der Waals surface area contributed by atoms with Crippen LogP contribution in [0.25, 0.3) is 0 Å². The van der Waals surface area contributed by atoms with Gasteiger partial charge in [-0.2, -0.15) is 0 Å². The van der Waals surface area contributed by atoms with Crippen LogP contribution in [0.2, 0.25) is 0 Å². The molecule has 1 spiro atoms. The molecular weight excluding hydrogens is 294 g/mol. The summed E-state index contributed by atoms with van der Waals surface area (Å²) < 4.78 is 0. The summed E-state index contributed by atoms with van der Waals surface area (Å²) >= 11 is 0. The van der Waals surface area contributed by atoms with Gasteiger partial charge in [-0.1, -0.05) is 12.8 Å². The maximum absolute atomic E-state index is 3.00. The van der Waals surface area contributed by atoms with Crippen molar-refractivity contribution >= 4 is 0 Å². The van der Waals surface area contributed by atoms with E-state index in [1.54, 1.807) is 19.3 Å². The Kier molecular flexibility index (Phi) is 3.40. The molecule has 2 bridgehead atoms. The van der Waals surface area contributed by atoms with Crippen LogP contribution in [0.3, 0.4) is 0 Å². The summed E-state index contributed by atoms with van der Waals surface area (Å²) in [6.45, 7) is 6.94. The van der Waals surface area contributed by atoms with E-state index in [4.69, 9.17) is 0 Å². The fraction of sp³-hybridized carbons (Fsp3) is 1.00. The second kappa shape index (κ2) is 5.44. The zero-order valence-corrected chi connectivity index (χ0v) is 15.3. The number of fused-ring (bicyclic) bond motifs is 4. The molecule has 0 aromatic rings. The van der Waals surface area contributed by atoms with Gasteiger partial charge in [-0.05, 0) is 82.8 Å². The second-order valence-electron chi connectivity index (χ2n) is 10.1. The topological polar surface area (TPSA) is 9.72 Å². The Morgan fingerprint density at radius 3 is 2.50 bits per heavy atom. The third-order valence-electron chi connectivity index (χ3n) is 9.04. The lowest BCUT2D eigenvalue weighted by molar-refractivity contribution is -0.215. The third kappa shape index (κ3) is 1.95. The SMILES string of the molecule is C1CCN2C[C@]34C[C@@H](C[C@@H]5CCCN(CN6CCCC[C@@H]63)[C@@H]54)[C@H]2C1. The van der Waals surface area contributed by atoms with Gasteiger partial charge < -0.3 is 0 Å². The van der Waals surface area contributed by atoms with Gasteiger partial charge in [-0.3, -0.25) is 14.7 Å². The van der Waals surface area contributed by atoms with Gasteiger partial charge in [0, 0.05) is 30.1 Å². The number of rotatable bonds is 0. The molecule has 0 aromatic carbocycles. The Morgan fingerprint density at radius 1 is 0.708 bits per heavy atom. The Balaban J connectivity index is 1.43. The largest absolute Gasteiger partial charge is 0.299 e. The van der Waals surface area contributed by atoms with E-state index in [-0.39, 0.29) is 0 Å². The van der Waals surface area contributed by atoms with E-state index in [9.17, 15) is 0 Å². The lowest BCUT2D eigenvalue weighted by atomic mass is 9.51. The number of hydrogen-bond donors (Lipinski definition) is 0. The predicted molar refractivity (Wildman–Crippen MR) is 96.8 cm³/mol. The smallest absolute Gasteiger partial charge is 0.0512 e. The summed E-state index contributed by atoms with van der Waals surface area (Å²) in [5, 5.41) is 0. The summed E-state index contributed by atoms with van der Waals surface area (Å²) in [5.41, 5.74) is 0.626. The van der Waals surface area contributed by atoms with Crippen LogP contribution in [0, 0.1) is 17.3 Å². The van der Waals surface area contributed by atoms with Gasteiger partial charge in [0.15, 0.2) is 0 Å². The van der Waals surface area contributed by atoms with Crippen LogP contribution in [0.4, 0.5) is 0 Å². The monoisotopic (exact) mass is 329 g/mol. The normalized spacial score (nSPS) is 52.2. The van der Waals surface area contributed by atoms with Crippen molar-refractivity contribution in [3.8, 4) is 0 Å². The molecule has 0 unspecified atom stereocenters. The number of piperidine rings is 4. The first-order valence-corrected chi connectivity index (χ1v) is 11.1. The Hall–Kier alpha value is -0.120. The van der Waals surface area contributed by atoms with E-state index in [1.165, 1.54) is 77.8 Å². The molecule has 5 heterocycles. The molecular formula is C21H35N3. The van der Waals surface area contributed by atoms with Crippen LogP contribution in [0.5, 0.6) is 0 Å². The van der Waals surface area contributed by atoms with E-state index in [1.807, 2.05) is 0 Å². The fourth-order valence-corrected chi connectivity index (χ4v) is 8.53. The molecule has 6 atom stereocenters. The minimum Gasteiger partial charge on any atom is -0.299 e. The van der Waals surface area contributed by atoms with E-state index in [0.29, 0.717) is 5.41 Å². The van der Waals surface area contributed by atoms with E-state index >= 15 is 0 Å². The van der Waals surface area contributed by atoms with Crippen molar-refractivity contribution < 1.29 is 0 Å². The third-order valence-corrected chi connectivity index (χ3v) is 9.04. The zero-order valence-electron chi connectivity index (χ0n) is 15.3. The average molecular weight is 330 g/mol. The lowest BCUT2D eigenvalue weighted by Crippen LogP contribution is -2.77. The van der Waals surface area contributed by atoms with E-state index in [0.717, 1.165) is 30.0 Å². The van der Waals surface area contributed by atoms with E-state index < -0.39 is 0 Å². The van der Waals surface area contributed by atoms with Gasteiger partial charge in [0.05, 0.1) is 6.67 Å². The molecule has 3 nitrogen and oxygen atoms in total. The molecule has 6 fully saturated rings. The van der Waals surface area contributed by atoms with Crippen molar-refractivity contribution in [1.82, 2.24) is 14.7 Å². The maximum atomic E-state index is 3.00. The van der Waals surface area contributed by atoms with Crippen LogP contribution in [-0.4, -0.2) is 65.7 Å². The highest BCUT2D eigenvalue weighted by atomic mass is 15.4. The van der Waals surface area contributed by atoms with Crippen molar-refractivity contribution in [1.29, 1.82) is 0 Å². The highest BCUT2D eigenvalue weighted by Crippen LogP contribution is 2.59. The molecule has 6 rings (SSSR count). The Labute approximate surface area is 147 Å². The minimum atomic E-state index is 0.626. The predicted octanol–water partition coefficient (Wildman–Crippen LogP) is 3.16. The number of nitrogens with zero attached hydrogens (tertiary/aromatic N) is 3. The molecule has 5 saturated heterocycles. The van der Waals surface area contributed by atoms with Crippen molar-refractivity contribution in [3.05, 3.63) is 0 Å². The molecule has 0 amide bonds. The first-order chi connectivity index (χ1) is 11.9. The van der Waals surface area contributed by atoms with Crippen molar-refractivity contribution in [3.63, 3.8) is 0 Å². The van der Waals surface area contributed by atoms with Gasteiger partial charge in [0.25, 0.3) is 0 Å². The fourth-order valence-electron chi connectivity index (χ4n) is 8.53. The molecule has 5 aliphatic heterocycles. The molecule has 3 heteroatoms. The summed E-state index contributed by atoms with van der Waals surface area (Å²) in [4.78, 5) is 8.91. The average Bonchev–Trinajstić information content (AvgIpc) is 2.62. The van der Waals surface area contributed by atoms with Crippen LogP contribution in [-0.2, 0) is 0 Å². The van der Waals surface area contributed by atoms with Gasteiger partial charge in [0.1, 0.15) is 0 Å². The molecule has 1 saturated carbocycles. The van der Waals surface area contributed by atoms with Crippen LogP contribution >= 0.6 is 0 Å². The molecule has 0 N–H and O–H groups in total. The zero-order chi connectivity index (χ0) is 15.7. The van der Waals surface area contributed by atoms with Crippen LogP contribution in [0.15, 0.2) is 0 Å². The van der Waals surface area contributed by atoms with Crippen molar-refractivity contribution in [2.24, 2.45) is 17.3 Å². The highest BCUT2D eigenvalue weighted by molar-refractivity contribution is 5.16. The summed E-state index contributed by atoms with van der Waals surface area (Å²) in [7, 11) is 0. The summed E-state index contributed by atoms with van der Waals surface area (Å²) in [6, 6.07) is 2.81. The first kappa shape index (κ1) is 15.0. The maximum Gasteiger partial charge on any atom is 0.0512 e. The summed E-state index contributed by atoms with van der Waals surface area (Å²) in [5.74, 6) is 2.06. The second-order valence-corrected chi connectivity index (χ2v) is 10.1. The highest BCUT2D eigenvalue weighted by Gasteiger charge is 2.63. The van der Waals surface area contributed by atoms with Crippen molar-refractivity contribution in [2.45, 2.75) is 82.3 Å². The molecule has 24 heavy (non-hydrogen) atoms. The quantitative estimate of drug-likeness (QED) is 0.676. The van der Waals surface area contributed by atoms with Gasteiger partial charge >= 0.3 is 0 Å². The van der Waals surface area contributed by atoms with Gasteiger partial charge in [-0.15, -0.1) is 0 Å². The van der Waals surface area contributed by atoms with Gasteiger partial charge in [0.2, 0.25) is 0 Å². The molecule has 0 radical (unpaired) electrons. The van der Waals surface area contributed by atoms with Crippen LogP contribution in [0.1, 0.15) is 64.2 Å². The van der Waals surface area contributed by atoms with Gasteiger partial charge in [-0.25, -0.2) is 0 Å². The standard InChI is InChI=1S/C21H35N3/c1-3-9-22-14-21-13-17(18(22)7-1)12-16-6-5-11-24(20(16)21)15-23-10-4-2-8-19(21)23/h16-20H,1-15H2/t16-,17+,18+,19+,20-,21+/m0/s1. The van der Waals surface area contributed by atoms with Crippen molar-refractivity contribution in [2.75, 3.05) is 32.8 Å². The molecule has 134 valence electrons. The van der Waals surface area contributed by atoms with E-state index in [2.05, 4.69) is 14.7 Å². The Morgan fingerprint density at radius 2 is 1.54 bits per heavy atom. The molecule has 6 aliphatic rings. The minimum absolute atomic E-state index is 0.626. The van der Waals surface area contributed by atoms with Crippen LogP contribution < -0.4 is 0 Å². The molecule has 0 aromatic heterocycles.